The maximum Gasteiger partial charge on any atom is 0.250 e. The van der Waals surface area contributed by atoms with Gasteiger partial charge in [-0.3, -0.25) is 4.79 Å². The van der Waals surface area contributed by atoms with Crippen LogP contribution in [0, 0.1) is 0 Å². The van der Waals surface area contributed by atoms with E-state index in [0.717, 1.165) is 13.1 Å². The van der Waals surface area contributed by atoms with Crippen molar-refractivity contribution in [1.82, 2.24) is 9.88 Å². The van der Waals surface area contributed by atoms with Crippen molar-refractivity contribution in [1.29, 1.82) is 0 Å². The second-order valence-corrected chi connectivity index (χ2v) is 4.66. The van der Waals surface area contributed by atoms with Crippen molar-refractivity contribution in [3.63, 3.8) is 0 Å². The molecule has 0 spiro atoms. The Hall–Kier alpha value is -1.91. The Morgan fingerprint density at radius 3 is 2.80 bits per heavy atom. The van der Waals surface area contributed by atoms with Gasteiger partial charge in [0.1, 0.15) is 0 Å². The highest BCUT2D eigenvalue weighted by Gasteiger charge is 1.97. The lowest BCUT2D eigenvalue weighted by Crippen LogP contribution is -2.25. The minimum absolute atomic E-state index is 0.0383. The van der Waals surface area contributed by atoms with Gasteiger partial charge in [-0.2, -0.15) is 0 Å². The van der Waals surface area contributed by atoms with E-state index >= 15 is 0 Å². The maximum atomic E-state index is 11.5. The van der Waals surface area contributed by atoms with Gasteiger partial charge in [-0.15, -0.1) is 0 Å². The van der Waals surface area contributed by atoms with E-state index in [1.807, 2.05) is 18.3 Å². The highest BCUT2D eigenvalue weighted by atomic mass is 16.5. The number of pyridine rings is 1. The normalized spacial score (nSPS) is 10.7. The van der Waals surface area contributed by atoms with Crippen LogP contribution in [0.4, 0.5) is 0 Å². The second kappa shape index (κ2) is 7.62. The molecule has 1 aromatic heterocycles. The number of hydrogen-bond acceptors (Lipinski definition) is 3. The molecule has 2 rings (SSSR count). The first-order chi connectivity index (χ1) is 9.79. The molecule has 1 aromatic carbocycles. The summed E-state index contributed by atoms with van der Waals surface area (Å²) in [5, 5.41) is 3.35. The maximum absolute atomic E-state index is 11.5. The van der Waals surface area contributed by atoms with E-state index in [9.17, 15) is 4.79 Å². The molecule has 4 nitrogen and oxygen atoms in total. The van der Waals surface area contributed by atoms with Gasteiger partial charge < -0.3 is 14.6 Å². The SMILES string of the molecule is COCc1cccc(CNCCn2ccccc2=O)c1. The third-order valence-electron chi connectivity index (χ3n) is 3.06. The molecule has 4 heteroatoms. The molecule has 1 N–H and O–H groups in total. The number of rotatable bonds is 7. The van der Waals surface area contributed by atoms with Crippen LogP contribution in [0.2, 0.25) is 0 Å². The third kappa shape index (κ3) is 4.33. The molecular weight excluding hydrogens is 252 g/mol. The minimum atomic E-state index is 0.0383. The third-order valence-corrected chi connectivity index (χ3v) is 3.06. The fourth-order valence-corrected chi connectivity index (χ4v) is 2.07. The zero-order chi connectivity index (χ0) is 14.2. The van der Waals surface area contributed by atoms with Crippen LogP contribution in [0.5, 0.6) is 0 Å². The summed E-state index contributed by atoms with van der Waals surface area (Å²) < 4.78 is 6.82. The first-order valence-corrected chi connectivity index (χ1v) is 6.72. The first-order valence-electron chi connectivity index (χ1n) is 6.72. The average Bonchev–Trinajstić information content (AvgIpc) is 2.46. The fraction of sp³-hybridized carbons (Fsp3) is 0.312. The topological polar surface area (TPSA) is 43.3 Å². The predicted molar refractivity (Wildman–Crippen MR) is 79.6 cm³/mol. The van der Waals surface area contributed by atoms with Crippen molar-refractivity contribution in [2.75, 3.05) is 13.7 Å². The molecule has 0 atom stereocenters. The molecule has 106 valence electrons. The summed E-state index contributed by atoms with van der Waals surface area (Å²) in [4.78, 5) is 11.5. The van der Waals surface area contributed by atoms with Crippen LogP contribution >= 0.6 is 0 Å². The lowest BCUT2D eigenvalue weighted by molar-refractivity contribution is 0.185. The van der Waals surface area contributed by atoms with Gasteiger partial charge in [-0.1, -0.05) is 30.3 Å². The summed E-state index contributed by atoms with van der Waals surface area (Å²) in [5.41, 5.74) is 2.43. The second-order valence-electron chi connectivity index (χ2n) is 4.66. The Morgan fingerprint density at radius 2 is 2.00 bits per heavy atom. The molecule has 0 aliphatic heterocycles. The summed E-state index contributed by atoms with van der Waals surface area (Å²) in [7, 11) is 1.70. The number of nitrogens with one attached hydrogen (secondary N) is 1. The first kappa shape index (κ1) is 14.5. The number of nitrogens with zero attached hydrogens (tertiary/aromatic N) is 1. The molecule has 0 fully saturated rings. The summed E-state index contributed by atoms with van der Waals surface area (Å²) >= 11 is 0. The molecule has 0 saturated carbocycles. The molecule has 0 amide bonds. The van der Waals surface area contributed by atoms with E-state index in [4.69, 9.17) is 4.74 Å². The smallest absolute Gasteiger partial charge is 0.250 e. The van der Waals surface area contributed by atoms with E-state index in [1.54, 1.807) is 23.8 Å². The number of ether oxygens (including phenoxy) is 1. The number of hydrogen-bond donors (Lipinski definition) is 1. The van der Waals surface area contributed by atoms with Crippen molar-refractivity contribution >= 4 is 0 Å². The van der Waals surface area contributed by atoms with Crippen LogP contribution in [0.25, 0.3) is 0 Å². The van der Waals surface area contributed by atoms with Crippen molar-refractivity contribution in [3.8, 4) is 0 Å². The van der Waals surface area contributed by atoms with Gasteiger partial charge in [0.2, 0.25) is 0 Å². The lowest BCUT2D eigenvalue weighted by Gasteiger charge is -2.08. The van der Waals surface area contributed by atoms with E-state index < -0.39 is 0 Å². The highest BCUT2D eigenvalue weighted by Crippen LogP contribution is 2.05. The number of aromatic nitrogens is 1. The molecule has 0 unspecified atom stereocenters. The van der Waals surface area contributed by atoms with E-state index in [1.165, 1.54) is 11.1 Å². The molecule has 2 aromatic rings. The quantitative estimate of drug-likeness (QED) is 0.781. The van der Waals surface area contributed by atoms with E-state index in [-0.39, 0.29) is 5.56 Å². The molecule has 0 aliphatic carbocycles. The van der Waals surface area contributed by atoms with Gasteiger partial charge in [0.25, 0.3) is 5.56 Å². The minimum Gasteiger partial charge on any atom is -0.380 e. The Bertz CT molecular complexity index is 593. The van der Waals surface area contributed by atoms with Gasteiger partial charge in [-0.05, 0) is 17.2 Å². The van der Waals surface area contributed by atoms with Crippen LogP contribution < -0.4 is 10.9 Å². The Labute approximate surface area is 119 Å². The van der Waals surface area contributed by atoms with Crippen molar-refractivity contribution < 1.29 is 4.74 Å². The zero-order valence-electron chi connectivity index (χ0n) is 11.7. The molecule has 0 aliphatic rings. The lowest BCUT2D eigenvalue weighted by atomic mass is 10.1. The molecule has 1 heterocycles. The van der Waals surface area contributed by atoms with E-state index in [0.29, 0.717) is 13.2 Å². The van der Waals surface area contributed by atoms with Crippen LogP contribution in [0.15, 0.2) is 53.5 Å². The Balaban J connectivity index is 1.80. The van der Waals surface area contributed by atoms with Gasteiger partial charge in [-0.25, -0.2) is 0 Å². The van der Waals surface area contributed by atoms with Crippen molar-refractivity contribution in [2.24, 2.45) is 0 Å². The molecular formula is C16H20N2O2. The fourth-order valence-electron chi connectivity index (χ4n) is 2.07. The number of benzene rings is 1. The summed E-state index contributed by atoms with van der Waals surface area (Å²) in [6.45, 7) is 2.86. The van der Waals surface area contributed by atoms with Gasteiger partial charge in [0, 0.05) is 39.0 Å². The van der Waals surface area contributed by atoms with Crippen molar-refractivity contribution in [2.45, 2.75) is 19.7 Å². The van der Waals surface area contributed by atoms with Crippen LogP contribution in [0.1, 0.15) is 11.1 Å². The Kier molecular flexibility index (Phi) is 5.53. The molecule has 0 radical (unpaired) electrons. The van der Waals surface area contributed by atoms with Gasteiger partial charge in [0.05, 0.1) is 6.61 Å². The summed E-state index contributed by atoms with van der Waals surface area (Å²) in [5.74, 6) is 0. The van der Waals surface area contributed by atoms with Gasteiger partial charge >= 0.3 is 0 Å². The van der Waals surface area contributed by atoms with Gasteiger partial charge in [0.15, 0.2) is 0 Å². The highest BCUT2D eigenvalue weighted by molar-refractivity contribution is 5.22. The molecule has 0 bridgehead atoms. The number of methoxy groups -OCH3 is 1. The monoisotopic (exact) mass is 272 g/mol. The van der Waals surface area contributed by atoms with E-state index in [2.05, 4.69) is 23.5 Å². The largest absolute Gasteiger partial charge is 0.380 e. The summed E-state index contributed by atoms with van der Waals surface area (Å²) in [6, 6.07) is 13.5. The van der Waals surface area contributed by atoms with Crippen LogP contribution in [-0.2, 0) is 24.4 Å². The molecule has 0 saturated heterocycles. The standard InChI is InChI=1S/C16H20N2O2/c1-20-13-15-6-4-5-14(11-15)12-17-8-10-18-9-3-2-7-16(18)19/h2-7,9,11,17H,8,10,12-13H2,1H3. The van der Waals surface area contributed by atoms with Crippen molar-refractivity contribution in [3.05, 3.63) is 70.1 Å². The molecule has 20 heavy (non-hydrogen) atoms. The summed E-state index contributed by atoms with van der Waals surface area (Å²) in [6.07, 6.45) is 1.81. The van der Waals surface area contributed by atoms with Crippen LogP contribution in [0.3, 0.4) is 0 Å². The average molecular weight is 272 g/mol. The predicted octanol–water partition coefficient (Wildman–Crippen LogP) is 1.78. The van der Waals surface area contributed by atoms with Crippen LogP contribution in [-0.4, -0.2) is 18.2 Å². The Morgan fingerprint density at radius 1 is 1.15 bits per heavy atom. The zero-order valence-corrected chi connectivity index (χ0v) is 11.7.